The molecule has 4 heteroatoms. The van der Waals surface area contributed by atoms with Gasteiger partial charge in [-0.05, 0) is 34.6 Å². The summed E-state index contributed by atoms with van der Waals surface area (Å²) in [5.41, 5.74) is 1.40. The molecule has 0 spiro atoms. The second kappa shape index (κ2) is 4.58. The van der Waals surface area contributed by atoms with Gasteiger partial charge in [0.1, 0.15) is 0 Å². The molecule has 0 saturated heterocycles. The topological polar surface area (TPSA) is 28.2 Å². The summed E-state index contributed by atoms with van der Waals surface area (Å²) in [5.74, 6) is 0. The van der Waals surface area contributed by atoms with Crippen LogP contribution in [0.15, 0.2) is 0 Å². The lowest BCUT2D eigenvalue weighted by Crippen LogP contribution is -2.35. The minimum atomic E-state index is 0.0954. The molecule has 1 aromatic heterocycles. The van der Waals surface area contributed by atoms with Gasteiger partial charge in [-0.1, -0.05) is 0 Å². The molecule has 2 heterocycles. The van der Waals surface area contributed by atoms with Crippen LogP contribution < -0.4 is 5.32 Å². The molecule has 2 rings (SSSR count). The molecule has 96 valence electrons. The Bertz CT molecular complexity index is 390. The van der Waals surface area contributed by atoms with Crippen LogP contribution in [0.2, 0.25) is 0 Å². The second-order valence-electron chi connectivity index (χ2n) is 6.08. The van der Waals surface area contributed by atoms with E-state index < -0.39 is 0 Å². The fourth-order valence-electron chi connectivity index (χ4n) is 2.03. The summed E-state index contributed by atoms with van der Waals surface area (Å²) in [7, 11) is 0. The molecule has 3 nitrogen and oxygen atoms in total. The van der Waals surface area contributed by atoms with E-state index in [-0.39, 0.29) is 5.54 Å². The van der Waals surface area contributed by atoms with Gasteiger partial charge in [-0.2, -0.15) is 0 Å². The van der Waals surface area contributed by atoms with E-state index in [9.17, 15) is 0 Å². The first kappa shape index (κ1) is 12.8. The Morgan fingerprint density at radius 1 is 1.35 bits per heavy atom. The van der Waals surface area contributed by atoms with E-state index in [1.54, 1.807) is 0 Å². The standard InChI is InChI=1S/C13H23N3S/c1-9(2)16-7-6-10-11(8-16)17-12(14-10)15-13(3,4)5/h9H,6-8H2,1-5H3,(H,14,15). The third-order valence-corrected chi connectivity index (χ3v) is 3.97. The Labute approximate surface area is 108 Å². The van der Waals surface area contributed by atoms with E-state index in [0.29, 0.717) is 6.04 Å². The third-order valence-electron chi connectivity index (χ3n) is 2.97. The average molecular weight is 253 g/mol. The van der Waals surface area contributed by atoms with Crippen molar-refractivity contribution in [1.82, 2.24) is 9.88 Å². The van der Waals surface area contributed by atoms with Crippen molar-refractivity contribution in [3.63, 3.8) is 0 Å². The molecule has 0 saturated carbocycles. The molecule has 17 heavy (non-hydrogen) atoms. The first-order valence-corrected chi connectivity index (χ1v) is 7.17. The zero-order valence-electron chi connectivity index (χ0n) is 11.5. The van der Waals surface area contributed by atoms with Gasteiger partial charge in [-0.25, -0.2) is 4.98 Å². The molecular weight excluding hydrogens is 230 g/mol. The quantitative estimate of drug-likeness (QED) is 0.877. The zero-order valence-corrected chi connectivity index (χ0v) is 12.3. The Kier molecular flexibility index (Phi) is 3.46. The number of anilines is 1. The maximum atomic E-state index is 4.71. The molecule has 0 aromatic carbocycles. The molecule has 0 bridgehead atoms. The van der Waals surface area contributed by atoms with Gasteiger partial charge >= 0.3 is 0 Å². The van der Waals surface area contributed by atoms with Crippen LogP contribution in [0.5, 0.6) is 0 Å². The molecular formula is C13H23N3S. The first-order valence-electron chi connectivity index (χ1n) is 6.36. The van der Waals surface area contributed by atoms with Crippen molar-refractivity contribution < 1.29 is 0 Å². The summed E-state index contributed by atoms with van der Waals surface area (Å²) in [6.45, 7) is 13.3. The number of thiazole rings is 1. The monoisotopic (exact) mass is 253 g/mol. The van der Waals surface area contributed by atoms with Gasteiger partial charge in [0.05, 0.1) is 5.69 Å². The summed E-state index contributed by atoms with van der Waals surface area (Å²) < 4.78 is 0. The molecule has 1 aliphatic rings. The van der Waals surface area contributed by atoms with Crippen LogP contribution in [0, 0.1) is 0 Å². The van der Waals surface area contributed by atoms with Gasteiger partial charge in [0.15, 0.2) is 5.13 Å². The van der Waals surface area contributed by atoms with E-state index >= 15 is 0 Å². The molecule has 1 aliphatic heterocycles. The number of hydrogen-bond acceptors (Lipinski definition) is 4. The highest BCUT2D eigenvalue weighted by Crippen LogP contribution is 2.30. The number of nitrogens with zero attached hydrogens (tertiary/aromatic N) is 2. The van der Waals surface area contributed by atoms with E-state index in [1.165, 1.54) is 10.6 Å². The molecule has 1 aromatic rings. The Morgan fingerprint density at radius 3 is 2.65 bits per heavy atom. The molecule has 1 N–H and O–H groups in total. The summed E-state index contributed by atoms with van der Waals surface area (Å²) in [6, 6.07) is 0.629. The van der Waals surface area contributed by atoms with Crippen molar-refractivity contribution in [2.45, 2.75) is 59.2 Å². The molecule has 0 fully saturated rings. The Balaban J connectivity index is 2.12. The lowest BCUT2D eigenvalue weighted by Gasteiger charge is -2.29. The highest BCUT2D eigenvalue weighted by atomic mass is 32.1. The van der Waals surface area contributed by atoms with Crippen LogP contribution >= 0.6 is 11.3 Å². The molecule has 0 unspecified atom stereocenters. The van der Waals surface area contributed by atoms with Crippen LogP contribution in [0.4, 0.5) is 5.13 Å². The third kappa shape index (κ3) is 3.19. The van der Waals surface area contributed by atoms with Crippen molar-refractivity contribution >= 4 is 16.5 Å². The SMILES string of the molecule is CC(C)N1CCc2nc(NC(C)(C)C)sc2C1. The number of nitrogens with one attached hydrogen (secondary N) is 1. The Morgan fingerprint density at radius 2 is 2.06 bits per heavy atom. The van der Waals surface area contributed by atoms with Gasteiger partial charge in [0.2, 0.25) is 0 Å². The normalized spacial score (nSPS) is 17.3. The average Bonchev–Trinajstić information content (AvgIpc) is 2.54. The predicted molar refractivity (Wildman–Crippen MR) is 74.7 cm³/mol. The summed E-state index contributed by atoms with van der Waals surface area (Å²) in [6.07, 6.45) is 1.09. The zero-order chi connectivity index (χ0) is 12.6. The lowest BCUT2D eigenvalue weighted by atomic mass is 10.1. The Hall–Kier alpha value is -0.610. The van der Waals surface area contributed by atoms with E-state index in [2.05, 4.69) is 44.8 Å². The number of rotatable bonds is 2. The number of fused-ring (bicyclic) bond motifs is 1. The van der Waals surface area contributed by atoms with Crippen LogP contribution in [0.3, 0.4) is 0 Å². The minimum absolute atomic E-state index is 0.0954. The summed E-state index contributed by atoms with van der Waals surface area (Å²) in [4.78, 5) is 8.67. The summed E-state index contributed by atoms with van der Waals surface area (Å²) in [5, 5.41) is 4.55. The van der Waals surface area contributed by atoms with E-state index in [4.69, 9.17) is 4.98 Å². The lowest BCUT2D eigenvalue weighted by molar-refractivity contribution is 0.205. The number of hydrogen-bond donors (Lipinski definition) is 1. The smallest absolute Gasteiger partial charge is 0.183 e. The summed E-state index contributed by atoms with van der Waals surface area (Å²) >= 11 is 1.82. The highest BCUT2D eigenvalue weighted by Gasteiger charge is 2.23. The first-order chi connectivity index (χ1) is 7.85. The van der Waals surface area contributed by atoms with Crippen molar-refractivity contribution in [3.8, 4) is 0 Å². The van der Waals surface area contributed by atoms with Gasteiger partial charge in [-0.3, -0.25) is 4.90 Å². The highest BCUT2D eigenvalue weighted by molar-refractivity contribution is 7.15. The molecule has 0 amide bonds. The van der Waals surface area contributed by atoms with Gasteiger partial charge in [-0.15, -0.1) is 11.3 Å². The minimum Gasteiger partial charge on any atom is -0.357 e. The van der Waals surface area contributed by atoms with Crippen molar-refractivity contribution in [2.24, 2.45) is 0 Å². The van der Waals surface area contributed by atoms with Crippen molar-refractivity contribution in [3.05, 3.63) is 10.6 Å². The largest absolute Gasteiger partial charge is 0.357 e. The molecule has 0 atom stereocenters. The second-order valence-corrected chi connectivity index (χ2v) is 7.16. The van der Waals surface area contributed by atoms with Crippen LogP contribution in [0.25, 0.3) is 0 Å². The fourth-order valence-corrected chi connectivity index (χ4v) is 3.27. The maximum Gasteiger partial charge on any atom is 0.183 e. The van der Waals surface area contributed by atoms with E-state index in [0.717, 1.165) is 24.6 Å². The molecule has 0 radical (unpaired) electrons. The van der Waals surface area contributed by atoms with Crippen molar-refractivity contribution in [1.29, 1.82) is 0 Å². The van der Waals surface area contributed by atoms with Gasteiger partial charge < -0.3 is 5.32 Å². The van der Waals surface area contributed by atoms with Gasteiger partial charge in [0, 0.05) is 36.0 Å². The van der Waals surface area contributed by atoms with Crippen molar-refractivity contribution in [2.75, 3.05) is 11.9 Å². The van der Waals surface area contributed by atoms with E-state index in [1.807, 2.05) is 11.3 Å². The fraction of sp³-hybridized carbons (Fsp3) is 0.769. The van der Waals surface area contributed by atoms with Crippen LogP contribution in [-0.2, 0) is 13.0 Å². The molecule has 0 aliphatic carbocycles. The maximum absolute atomic E-state index is 4.71. The van der Waals surface area contributed by atoms with Crippen LogP contribution in [0.1, 0.15) is 45.2 Å². The van der Waals surface area contributed by atoms with Gasteiger partial charge in [0.25, 0.3) is 0 Å². The predicted octanol–water partition coefficient (Wildman–Crippen LogP) is 3.12. The number of aromatic nitrogens is 1. The van der Waals surface area contributed by atoms with Crippen LogP contribution in [-0.4, -0.2) is 28.0 Å².